The summed E-state index contributed by atoms with van der Waals surface area (Å²) in [5.74, 6) is 0. The van der Waals surface area contributed by atoms with E-state index in [9.17, 15) is 0 Å². The molecule has 70 valence electrons. The van der Waals surface area contributed by atoms with Crippen molar-refractivity contribution in [1.29, 1.82) is 0 Å². The molecule has 1 aromatic rings. The first-order valence-electron chi connectivity index (χ1n) is 4.29. The first-order chi connectivity index (χ1) is 6.43. The minimum atomic E-state index is -0.0991. The summed E-state index contributed by atoms with van der Waals surface area (Å²) < 4.78 is 8.76. The third kappa shape index (κ3) is 5.10. The second-order valence-electron chi connectivity index (χ2n) is 2.58. The summed E-state index contributed by atoms with van der Waals surface area (Å²) in [5.41, 5.74) is 0. The van der Waals surface area contributed by atoms with E-state index >= 15 is 0 Å². The molecule has 0 heterocycles. The zero-order valence-corrected chi connectivity index (χ0v) is 10.1. The summed E-state index contributed by atoms with van der Waals surface area (Å²) in [6, 6.07) is 10.7. The van der Waals surface area contributed by atoms with Crippen LogP contribution in [0.2, 0.25) is 0 Å². The van der Waals surface area contributed by atoms with E-state index in [1.165, 1.54) is 3.61 Å². The van der Waals surface area contributed by atoms with Gasteiger partial charge in [-0.05, 0) is 0 Å². The van der Waals surface area contributed by atoms with Crippen molar-refractivity contribution in [3.05, 3.63) is 40.5 Å². The standard InChI is InChI=1S/C11H14OTe/c1-12-9-5-6-10-13-11-7-3-2-4-8-11/h2-4,6-8,10H,5,9H2,1H3/b10-6+. The molecule has 0 N–H and O–H groups in total. The van der Waals surface area contributed by atoms with Gasteiger partial charge < -0.3 is 0 Å². The summed E-state index contributed by atoms with van der Waals surface area (Å²) in [4.78, 5) is 0. The van der Waals surface area contributed by atoms with Crippen molar-refractivity contribution in [1.82, 2.24) is 0 Å². The normalized spacial score (nSPS) is 10.8. The third-order valence-electron chi connectivity index (χ3n) is 1.53. The van der Waals surface area contributed by atoms with Crippen LogP contribution in [-0.2, 0) is 4.74 Å². The van der Waals surface area contributed by atoms with Gasteiger partial charge in [0.1, 0.15) is 0 Å². The van der Waals surface area contributed by atoms with Crippen LogP contribution < -0.4 is 3.61 Å². The van der Waals surface area contributed by atoms with Gasteiger partial charge >= 0.3 is 89.9 Å². The van der Waals surface area contributed by atoms with Gasteiger partial charge in [-0.2, -0.15) is 0 Å². The Balaban J connectivity index is 2.23. The van der Waals surface area contributed by atoms with Crippen molar-refractivity contribution in [2.24, 2.45) is 0 Å². The molecule has 1 nitrogen and oxygen atoms in total. The maximum atomic E-state index is 4.96. The van der Waals surface area contributed by atoms with Gasteiger partial charge in [0.15, 0.2) is 0 Å². The van der Waals surface area contributed by atoms with Crippen molar-refractivity contribution < 1.29 is 4.74 Å². The Morgan fingerprint density at radius 2 is 2.08 bits per heavy atom. The SMILES string of the molecule is COCC/C=C/[Te]c1ccccc1. The molecule has 0 aliphatic carbocycles. The van der Waals surface area contributed by atoms with Crippen molar-refractivity contribution in [2.75, 3.05) is 13.7 Å². The van der Waals surface area contributed by atoms with Gasteiger partial charge in [0.25, 0.3) is 0 Å². The van der Waals surface area contributed by atoms with Crippen molar-refractivity contribution in [3.63, 3.8) is 0 Å². The number of hydrogen-bond donors (Lipinski definition) is 0. The molecule has 1 rings (SSSR count). The van der Waals surface area contributed by atoms with Gasteiger partial charge in [-0.3, -0.25) is 0 Å². The summed E-state index contributed by atoms with van der Waals surface area (Å²) >= 11 is -0.0991. The van der Waals surface area contributed by atoms with Crippen LogP contribution in [0.5, 0.6) is 0 Å². The van der Waals surface area contributed by atoms with E-state index in [-0.39, 0.29) is 20.9 Å². The Bertz CT molecular complexity index is 244. The zero-order valence-electron chi connectivity index (χ0n) is 7.77. The molecule has 0 fully saturated rings. The van der Waals surface area contributed by atoms with Crippen LogP contribution in [-0.4, -0.2) is 34.6 Å². The molecular weight excluding hydrogens is 276 g/mol. The van der Waals surface area contributed by atoms with Gasteiger partial charge in [0.2, 0.25) is 0 Å². The Hall–Kier alpha value is -0.290. The number of benzene rings is 1. The molecule has 1 aromatic carbocycles. The molecule has 0 saturated heterocycles. The predicted molar refractivity (Wildman–Crippen MR) is 57.5 cm³/mol. The van der Waals surface area contributed by atoms with E-state index in [1.54, 1.807) is 7.11 Å². The average Bonchev–Trinajstić information content (AvgIpc) is 2.19. The maximum absolute atomic E-state index is 4.96. The van der Waals surface area contributed by atoms with E-state index in [2.05, 4.69) is 40.5 Å². The average molecular weight is 290 g/mol. The summed E-state index contributed by atoms with van der Waals surface area (Å²) in [5, 5.41) is 0. The number of rotatable bonds is 5. The Morgan fingerprint density at radius 3 is 2.77 bits per heavy atom. The van der Waals surface area contributed by atoms with Crippen LogP contribution in [0, 0.1) is 0 Å². The molecule has 13 heavy (non-hydrogen) atoms. The zero-order chi connectivity index (χ0) is 9.36. The second-order valence-corrected chi connectivity index (χ2v) is 5.38. The van der Waals surface area contributed by atoms with Crippen LogP contribution in [0.1, 0.15) is 6.42 Å². The topological polar surface area (TPSA) is 9.23 Å². The van der Waals surface area contributed by atoms with E-state index in [0.717, 1.165) is 13.0 Å². The first kappa shape index (κ1) is 10.8. The van der Waals surface area contributed by atoms with E-state index in [1.807, 2.05) is 0 Å². The third-order valence-corrected chi connectivity index (χ3v) is 4.02. The molecule has 0 unspecified atom stereocenters. The summed E-state index contributed by atoms with van der Waals surface area (Å²) in [7, 11) is 1.74. The van der Waals surface area contributed by atoms with Crippen molar-refractivity contribution >= 4 is 24.5 Å². The van der Waals surface area contributed by atoms with Crippen LogP contribution in [0.25, 0.3) is 0 Å². The number of hydrogen-bond acceptors (Lipinski definition) is 1. The van der Waals surface area contributed by atoms with Crippen LogP contribution in [0.4, 0.5) is 0 Å². The van der Waals surface area contributed by atoms with E-state index in [4.69, 9.17) is 4.74 Å². The van der Waals surface area contributed by atoms with Gasteiger partial charge in [0.05, 0.1) is 0 Å². The molecule has 0 bridgehead atoms. The number of ether oxygens (including phenoxy) is 1. The molecule has 0 aliphatic rings. The Morgan fingerprint density at radius 1 is 1.31 bits per heavy atom. The molecule has 0 saturated carbocycles. The predicted octanol–water partition coefficient (Wildman–Crippen LogP) is 1.57. The van der Waals surface area contributed by atoms with Gasteiger partial charge in [-0.25, -0.2) is 0 Å². The second kappa shape index (κ2) is 7.15. The molecule has 0 spiro atoms. The summed E-state index contributed by atoms with van der Waals surface area (Å²) in [6.07, 6.45) is 3.26. The Labute approximate surface area is 89.9 Å². The van der Waals surface area contributed by atoms with Crippen molar-refractivity contribution in [2.45, 2.75) is 6.42 Å². The summed E-state index contributed by atoms with van der Waals surface area (Å²) in [6.45, 7) is 0.832. The fourth-order valence-electron chi connectivity index (χ4n) is 0.880. The molecule has 0 radical (unpaired) electrons. The molecule has 2 heteroatoms. The van der Waals surface area contributed by atoms with Crippen LogP contribution >= 0.6 is 0 Å². The monoisotopic (exact) mass is 292 g/mol. The van der Waals surface area contributed by atoms with Gasteiger partial charge in [-0.15, -0.1) is 0 Å². The van der Waals surface area contributed by atoms with E-state index < -0.39 is 0 Å². The van der Waals surface area contributed by atoms with Crippen LogP contribution in [0.15, 0.2) is 40.5 Å². The van der Waals surface area contributed by atoms with Crippen LogP contribution in [0.3, 0.4) is 0 Å². The quantitative estimate of drug-likeness (QED) is 0.591. The molecule has 0 aromatic heterocycles. The van der Waals surface area contributed by atoms with Gasteiger partial charge in [-0.1, -0.05) is 0 Å². The number of methoxy groups -OCH3 is 1. The van der Waals surface area contributed by atoms with Gasteiger partial charge in [0, 0.05) is 0 Å². The fraction of sp³-hybridized carbons (Fsp3) is 0.273. The molecule has 0 atom stereocenters. The van der Waals surface area contributed by atoms with Crippen molar-refractivity contribution in [3.8, 4) is 0 Å². The molecule has 0 aliphatic heterocycles. The molecule has 0 amide bonds. The fourth-order valence-corrected chi connectivity index (χ4v) is 2.89. The Kier molecular flexibility index (Phi) is 5.93. The molecular formula is C11H14OTe. The van der Waals surface area contributed by atoms with E-state index in [0.29, 0.717) is 0 Å². The first-order valence-corrected chi connectivity index (χ1v) is 6.80. The minimum absolute atomic E-state index is 0.0991.